The van der Waals surface area contributed by atoms with Gasteiger partial charge in [-0.1, -0.05) is 12.1 Å². The van der Waals surface area contributed by atoms with Gasteiger partial charge < -0.3 is 9.32 Å². The number of rotatable bonds is 5. The molecule has 0 spiro atoms. The van der Waals surface area contributed by atoms with Gasteiger partial charge in [-0.15, -0.1) is 0 Å². The van der Waals surface area contributed by atoms with Gasteiger partial charge in [0.25, 0.3) is 5.91 Å². The molecule has 5 nitrogen and oxygen atoms in total. The average molecular weight is 346 g/mol. The number of furan rings is 1. The van der Waals surface area contributed by atoms with Crippen LogP contribution in [0.1, 0.15) is 21.7 Å². The second kappa shape index (κ2) is 7.77. The highest BCUT2D eigenvalue weighted by Crippen LogP contribution is 2.14. The summed E-state index contributed by atoms with van der Waals surface area (Å²) in [5.41, 5.74) is 1.62. The second-order valence-electron chi connectivity index (χ2n) is 6.07. The highest BCUT2D eigenvalue weighted by Gasteiger charge is 2.22. The lowest BCUT2D eigenvalue weighted by Crippen LogP contribution is -2.48. The number of nitrogens with zero attached hydrogens (tertiary/aromatic N) is 2. The summed E-state index contributed by atoms with van der Waals surface area (Å²) in [5, 5.41) is 0. The van der Waals surface area contributed by atoms with Crippen LogP contribution in [0.5, 0.6) is 0 Å². The zero-order valence-corrected chi connectivity index (χ0v) is 14.6. The van der Waals surface area contributed by atoms with Gasteiger partial charge in [0.05, 0.1) is 12.8 Å². The summed E-state index contributed by atoms with van der Waals surface area (Å²) in [4.78, 5) is 16.9. The van der Waals surface area contributed by atoms with Crippen molar-refractivity contribution in [2.45, 2.75) is 12.3 Å². The van der Waals surface area contributed by atoms with Gasteiger partial charge in [0.2, 0.25) is 0 Å². The van der Waals surface area contributed by atoms with E-state index in [2.05, 4.69) is 4.90 Å². The second-order valence-corrected chi connectivity index (χ2v) is 7.50. The van der Waals surface area contributed by atoms with E-state index in [0.717, 1.165) is 31.0 Å². The summed E-state index contributed by atoms with van der Waals surface area (Å²) >= 11 is 0. The Kier molecular flexibility index (Phi) is 5.48. The predicted octanol–water partition coefficient (Wildman–Crippen LogP) is 2.12. The van der Waals surface area contributed by atoms with Gasteiger partial charge in [0.15, 0.2) is 0 Å². The van der Waals surface area contributed by atoms with Crippen molar-refractivity contribution in [1.82, 2.24) is 9.80 Å². The van der Waals surface area contributed by atoms with Crippen molar-refractivity contribution in [3.8, 4) is 0 Å². The largest absolute Gasteiger partial charge is 0.468 e. The van der Waals surface area contributed by atoms with E-state index in [9.17, 15) is 9.00 Å². The van der Waals surface area contributed by atoms with E-state index in [-0.39, 0.29) is 5.91 Å². The van der Waals surface area contributed by atoms with Gasteiger partial charge in [0, 0.05) is 54.6 Å². The van der Waals surface area contributed by atoms with Crippen molar-refractivity contribution in [3.05, 3.63) is 59.5 Å². The summed E-state index contributed by atoms with van der Waals surface area (Å²) in [6.45, 7) is 3.88. The molecule has 128 valence electrons. The molecule has 1 aromatic carbocycles. The van der Waals surface area contributed by atoms with E-state index in [1.54, 1.807) is 12.5 Å². The minimum Gasteiger partial charge on any atom is -0.468 e. The predicted molar refractivity (Wildman–Crippen MR) is 94.1 cm³/mol. The Morgan fingerprint density at radius 1 is 1.17 bits per heavy atom. The minimum absolute atomic E-state index is 0.0522. The molecule has 3 rings (SSSR count). The molecule has 0 bridgehead atoms. The Balaban J connectivity index is 1.57. The van der Waals surface area contributed by atoms with E-state index in [1.807, 2.05) is 41.3 Å². The SMILES string of the molecule is CS(=O)Cc1cccc(C(=O)N2CCN(Cc3ccco3)CC2)c1. The maximum Gasteiger partial charge on any atom is 0.253 e. The molecule has 0 saturated carbocycles. The standard InChI is InChI=1S/C18H22N2O3S/c1-24(22)14-15-4-2-5-16(12-15)18(21)20-9-7-19(8-10-20)13-17-6-3-11-23-17/h2-6,11-12H,7-10,13-14H2,1H3. The maximum atomic E-state index is 12.7. The smallest absolute Gasteiger partial charge is 0.253 e. The van der Waals surface area contributed by atoms with Crippen LogP contribution in [-0.4, -0.2) is 52.4 Å². The minimum atomic E-state index is -0.904. The number of piperazine rings is 1. The Bertz CT molecular complexity index is 707. The van der Waals surface area contributed by atoms with Crippen LogP contribution in [0.25, 0.3) is 0 Å². The molecule has 24 heavy (non-hydrogen) atoms. The highest BCUT2D eigenvalue weighted by atomic mass is 32.2. The van der Waals surface area contributed by atoms with Crippen LogP contribution >= 0.6 is 0 Å². The van der Waals surface area contributed by atoms with Gasteiger partial charge in [-0.05, 0) is 29.8 Å². The van der Waals surface area contributed by atoms with Crippen molar-refractivity contribution >= 4 is 16.7 Å². The first-order chi connectivity index (χ1) is 11.6. The Morgan fingerprint density at radius 2 is 1.96 bits per heavy atom. The van der Waals surface area contributed by atoms with Gasteiger partial charge in [-0.3, -0.25) is 13.9 Å². The van der Waals surface area contributed by atoms with Crippen LogP contribution in [0.15, 0.2) is 47.1 Å². The van der Waals surface area contributed by atoms with E-state index in [1.165, 1.54) is 0 Å². The number of carbonyl (C=O) groups excluding carboxylic acids is 1. The first-order valence-corrected chi connectivity index (χ1v) is 9.77. The quantitative estimate of drug-likeness (QED) is 0.832. The fourth-order valence-electron chi connectivity index (χ4n) is 2.94. The van der Waals surface area contributed by atoms with E-state index in [4.69, 9.17) is 4.42 Å². The normalized spacial score (nSPS) is 17.0. The molecule has 0 N–H and O–H groups in total. The Morgan fingerprint density at radius 3 is 2.62 bits per heavy atom. The summed E-state index contributed by atoms with van der Waals surface area (Å²) in [6, 6.07) is 11.3. The first-order valence-electron chi connectivity index (χ1n) is 8.05. The van der Waals surface area contributed by atoms with E-state index in [0.29, 0.717) is 24.4 Å². The zero-order valence-electron chi connectivity index (χ0n) is 13.8. The summed E-state index contributed by atoms with van der Waals surface area (Å²) in [5.74, 6) is 1.49. The van der Waals surface area contributed by atoms with Crippen molar-refractivity contribution in [2.75, 3.05) is 32.4 Å². The summed E-state index contributed by atoms with van der Waals surface area (Å²) in [7, 11) is -0.904. The van der Waals surface area contributed by atoms with Gasteiger partial charge in [-0.2, -0.15) is 0 Å². The zero-order chi connectivity index (χ0) is 16.9. The molecule has 1 aromatic heterocycles. The molecule has 1 amide bonds. The van der Waals surface area contributed by atoms with Crippen LogP contribution < -0.4 is 0 Å². The Hall–Kier alpha value is -1.92. The van der Waals surface area contributed by atoms with Crippen molar-refractivity contribution in [2.24, 2.45) is 0 Å². The molecule has 1 aliphatic rings. The topological polar surface area (TPSA) is 53.8 Å². The molecule has 2 heterocycles. The van der Waals surface area contributed by atoms with Crippen LogP contribution in [0, 0.1) is 0 Å². The van der Waals surface area contributed by atoms with Crippen LogP contribution in [0.3, 0.4) is 0 Å². The van der Waals surface area contributed by atoms with Crippen LogP contribution in [0.2, 0.25) is 0 Å². The summed E-state index contributed by atoms with van der Waals surface area (Å²) in [6.07, 6.45) is 3.36. The van der Waals surface area contributed by atoms with Gasteiger partial charge in [0.1, 0.15) is 5.76 Å². The molecular formula is C18H22N2O3S. The third kappa shape index (κ3) is 4.33. The number of amides is 1. The molecule has 2 aromatic rings. The lowest BCUT2D eigenvalue weighted by Gasteiger charge is -2.34. The highest BCUT2D eigenvalue weighted by molar-refractivity contribution is 7.83. The molecular weight excluding hydrogens is 324 g/mol. The third-order valence-corrected chi connectivity index (χ3v) is 4.90. The van der Waals surface area contributed by atoms with Crippen molar-refractivity contribution in [1.29, 1.82) is 0 Å². The fraction of sp³-hybridized carbons (Fsp3) is 0.389. The molecule has 6 heteroatoms. The summed E-state index contributed by atoms with van der Waals surface area (Å²) < 4.78 is 16.7. The van der Waals surface area contributed by atoms with Crippen LogP contribution in [0.4, 0.5) is 0 Å². The first kappa shape index (κ1) is 16.9. The molecule has 1 aliphatic heterocycles. The molecule has 0 aliphatic carbocycles. The monoisotopic (exact) mass is 346 g/mol. The molecule has 1 atom stereocenters. The number of carbonyl (C=O) groups is 1. The number of benzene rings is 1. The fourth-order valence-corrected chi connectivity index (χ4v) is 3.59. The number of hydrogen-bond donors (Lipinski definition) is 0. The lowest BCUT2D eigenvalue weighted by molar-refractivity contribution is 0.0620. The molecule has 0 radical (unpaired) electrons. The molecule has 1 saturated heterocycles. The average Bonchev–Trinajstić information content (AvgIpc) is 3.07. The maximum absolute atomic E-state index is 12.7. The molecule has 1 unspecified atom stereocenters. The van der Waals surface area contributed by atoms with Gasteiger partial charge in [-0.25, -0.2) is 0 Å². The van der Waals surface area contributed by atoms with Crippen molar-refractivity contribution < 1.29 is 13.4 Å². The van der Waals surface area contributed by atoms with Crippen LogP contribution in [-0.2, 0) is 23.1 Å². The number of hydrogen-bond acceptors (Lipinski definition) is 4. The van der Waals surface area contributed by atoms with E-state index >= 15 is 0 Å². The van der Waals surface area contributed by atoms with E-state index < -0.39 is 10.8 Å². The molecule has 1 fully saturated rings. The van der Waals surface area contributed by atoms with Gasteiger partial charge >= 0.3 is 0 Å². The Labute approximate surface area is 144 Å². The third-order valence-electron chi connectivity index (χ3n) is 4.16. The lowest BCUT2D eigenvalue weighted by atomic mass is 10.1. The van der Waals surface area contributed by atoms with Crippen molar-refractivity contribution in [3.63, 3.8) is 0 Å².